The first-order valence-corrected chi connectivity index (χ1v) is 9.65. The summed E-state index contributed by atoms with van der Waals surface area (Å²) in [5, 5.41) is 0. The molecule has 0 N–H and O–H groups in total. The molecule has 1 fully saturated rings. The minimum absolute atomic E-state index is 0.106. The molecule has 0 radical (unpaired) electrons. The molecule has 0 unspecified atom stereocenters. The normalized spacial score (nSPS) is 19.8. The number of ether oxygens (including phenoxy) is 1. The molecule has 3 rings (SSSR count). The zero-order chi connectivity index (χ0) is 18.5. The molecule has 0 spiro atoms. The summed E-state index contributed by atoms with van der Waals surface area (Å²) in [6, 6.07) is 12.1. The van der Waals surface area contributed by atoms with Crippen LogP contribution in [0.3, 0.4) is 0 Å². The van der Waals surface area contributed by atoms with Crippen molar-refractivity contribution in [2.75, 3.05) is 0 Å². The van der Waals surface area contributed by atoms with Crippen molar-refractivity contribution in [2.24, 2.45) is 5.92 Å². The number of hydrogen-bond acceptors (Lipinski definition) is 1. The Bertz CT molecular complexity index is 777. The molecule has 0 heterocycles. The maximum atomic E-state index is 14.4. The highest BCUT2D eigenvalue weighted by molar-refractivity contribution is 5.69. The van der Waals surface area contributed by atoms with Crippen molar-refractivity contribution in [1.29, 1.82) is 0 Å². The number of terminal acetylenes is 1. The molecule has 2 heteroatoms. The molecule has 0 bridgehead atoms. The summed E-state index contributed by atoms with van der Waals surface area (Å²) >= 11 is 0. The average molecular weight is 350 g/mol. The van der Waals surface area contributed by atoms with E-state index in [2.05, 4.69) is 31.2 Å². The quantitative estimate of drug-likeness (QED) is 0.536. The van der Waals surface area contributed by atoms with Crippen LogP contribution >= 0.6 is 0 Å². The summed E-state index contributed by atoms with van der Waals surface area (Å²) in [5.74, 6) is 1.30. The van der Waals surface area contributed by atoms with Crippen molar-refractivity contribution in [1.82, 2.24) is 0 Å². The Labute approximate surface area is 156 Å². The van der Waals surface area contributed by atoms with Gasteiger partial charge in [-0.15, -0.1) is 0 Å². The molecule has 1 aliphatic rings. The molecular weight excluding hydrogens is 323 g/mol. The van der Waals surface area contributed by atoms with Gasteiger partial charge in [-0.1, -0.05) is 56.5 Å². The fraction of sp³-hybridized carbons (Fsp3) is 0.417. The first-order chi connectivity index (χ1) is 12.6. The van der Waals surface area contributed by atoms with Gasteiger partial charge in [0.2, 0.25) is 0 Å². The van der Waals surface area contributed by atoms with E-state index in [4.69, 9.17) is 11.2 Å². The lowest BCUT2D eigenvalue weighted by Gasteiger charge is -2.28. The van der Waals surface area contributed by atoms with Crippen LogP contribution in [0.1, 0.15) is 62.5 Å². The molecule has 1 nitrogen and oxygen atoms in total. The predicted octanol–water partition coefficient (Wildman–Crippen LogP) is 6.84. The van der Waals surface area contributed by atoms with E-state index in [1.54, 1.807) is 13.0 Å². The van der Waals surface area contributed by atoms with Crippen molar-refractivity contribution in [3.63, 3.8) is 0 Å². The Balaban J connectivity index is 1.74. The highest BCUT2D eigenvalue weighted by Crippen LogP contribution is 2.38. The van der Waals surface area contributed by atoms with E-state index in [0.29, 0.717) is 11.5 Å². The third-order valence-corrected chi connectivity index (χ3v) is 5.76. The van der Waals surface area contributed by atoms with Gasteiger partial charge in [-0.05, 0) is 72.8 Å². The minimum atomic E-state index is -0.390. The van der Waals surface area contributed by atoms with E-state index in [-0.39, 0.29) is 5.75 Å². The molecule has 2 aromatic carbocycles. The SMILES string of the molecule is C#COc1ccc(-c2ccc([C@H]3CC[C@H](CCC)CC3)cc2)c(C)c1F. The highest BCUT2D eigenvalue weighted by atomic mass is 19.1. The Morgan fingerprint density at radius 2 is 1.77 bits per heavy atom. The lowest BCUT2D eigenvalue weighted by molar-refractivity contribution is 0.308. The third kappa shape index (κ3) is 3.93. The standard InChI is InChI=1S/C24H27FO/c1-4-6-18-7-9-19(10-8-18)20-11-13-21(14-12-20)22-15-16-23(26-5-2)24(25)17(22)3/h2,11-16,18-19H,4,6-10H2,1,3H3/t18-,19-. The number of hydrogen-bond donors (Lipinski definition) is 0. The topological polar surface area (TPSA) is 9.23 Å². The van der Waals surface area contributed by atoms with E-state index in [1.165, 1.54) is 44.1 Å². The van der Waals surface area contributed by atoms with E-state index in [9.17, 15) is 4.39 Å². The second-order valence-electron chi connectivity index (χ2n) is 7.40. The van der Waals surface area contributed by atoms with Crippen LogP contribution in [0.25, 0.3) is 11.1 Å². The molecule has 1 aliphatic carbocycles. The zero-order valence-electron chi connectivity index (χ0n) is 15.7. The summed E-state index contributed by atoms with van der Waals surface area (Å²) in [7, 11) is 0. The maximum absolute atomic E-state index is 14.4. The van der Waals surface area contributed by atoms with Gasteiger partial charge in [-0.2, -0.15) is 0 Å². The smallest absolute Gasteiger partial charge is 0.176 e. The second kappa shape index (κ2) is 8.41. The van der Waals surface area contributed by atoms with E-state index >= 15 is 0 Å². The fourth-order valence-electron chi connectivity index (χ4n) is 4.24. The van der Waals surface area contributed by atoms with E-state index in [0.717, 1.165) is 17.0 Å². The zero-order valence-corrected chi connectivity index (χ0v) is 15.7. The second-order valence-corrected chi connectivity index (χ2v) is 7.40. The fourth-order valence-corrected chi connectivity index (χ4v) is 4.24. The van der Waals surface area contributed by atoms with E-state index in [1.807, 2.05) is 12.2 Å². The van der Waals surface area contributed by atoms with Crippen molar-refractivity contribution < 1.29 is 9.13 Å². The van der Waals surface area contributed by atoms with Gasteiger partial charge in [0.25, 0.3) is 0 Å². The van der Waals surface area contributed by atoms with Gasteiger partial charge in [0.1, 0.15) is 6.11 Å². The first-order valence-electron chi connectivity index (χ1n) is 9.65. The van der Waals surface area contributed by atoms with Crippen LogP contribution in [0.15, 0.2) is 36.4 Å². The molecule has 0 atom stereocenters. The Hall–Kier alpha value is -2.27. The van der Waals surface area contributed by atoms with E-state index < -0.39 is 5.82 Å². The van der Waals surface area contributed by atoms with Crippen LogP contribution < -0.4 is 4.74 Å². The van der Waals surface area contributed by atoms with Gasteiger partial charge in [-0.3, -0.25) is 0 Å². The lowest BCUT2D eigenvalue weighted by Crippen LogP contribution is -2.13. The van der Waals surface area contributed by atoms with Crippen molar-refractivity contribution in [3.8, 4) is 29.4 Å². The van der Waals surface area contributed by atoms with Crippen LogP contribution in [-0.2, 0) is 0 Å². The number of rotatable bonds is 5. The summed E-state index contributed by atoms with van der Waals surface area (Å²) in [5.41, 5.74) is 3.88. The van der Waals surface area contributed by atoms with Gasteiger partial charge in [-0.25, -0.2) is 4.39 Å². The minimum Gasteiger partial charge on any atom is -0.405 e. The van der Waals surface area contributed by atoms with Crippen LogP contribution in [0.4, 0.5) is 4.39 Å². The maximum Gasteiger partial charge on any atom is 0.176 e. The third-order valence-electron chi connectivity index (χ3n) is 5.76. The molecule has 2 aromatic rings. The van der Waals surface area contributed by atoms with Crippen molar-refractivity contribution in [3.05, 3.63) is 53.3 Å². The molecular formula is C24H27FO. The molecule has 136 valence electrons. The van der Waals surface area contributed by atoms with Crippen molar-refractivity contribution >= 4 is 0 Å². The summed E-state index contributed by atoms with van der Waals surface area (Å²) in [6.07, 6.45) is 15.1. The molecule has 0 amide bonds. The summed E-state index contributed by atoms with van der Waals surface area (Å²) in [4.78, 5) is 0. The van der Waals surface area contributed by atoms with Gasteiger partial charge in [0, 0.05) is 0 Å². The van der Waals surface area contributed by atoms with Crippen LogP contribution in [0.2, 0.25) is 0 Å². The number of halogens is 1. The predicted molar refractivity (Wildman–Crippen MR) is 106 cm³/mol. The average Bonchev–Trinajstić information content (AvgIpc) is 2.67. The molecule has 0 aliphatic heterocycles. The van der Waals surface area contributed by atoms with Crippen LogP contribution in [-0.4, -0.2) is 0 Å². The van der Waals surface area contributed by atoms with Crippen LogP contribution in [0.5, 0.6) is 5.75 Å². The van der Waals surface area contributed by atoms with Crippen LogP contribution in [0, 0.1) is 31.2 Å². The Morgan fingerprint density at radius 3 is 2.38 bits per heavy atom. The summed E-state index contributed by atoms with van der Waals surface area (Å²) in [6.45, 7) is 4.04. The number of benzene rings is 2. The van der Waals surface area contributed by atoms with Gasteiger partial charge in [0.15, 0.2) is 11.6 Å². The lowest BCUT2D eigenvalue weighted by atomic mass is 9.77. The monoisotopic (exact) mass is 350 g/mol. The first kappa shape index (κ1) is 18.5. The molecule has 0 saturated heterocycles. The van der Waals surface area contributed by atoms with Gasteiger partial charge >= 0.3 is 0 Å². The summed E-state index contributed by atoms with van der Waals surface area (Å²) < 4.78 is 19.3. The van der Waals surface area contributed by atoms with Crippen molar-refractivity contribution in [2.45, 2.75) is 58.3 Å². The van der Waals surface area contributed by atoms with Gasteiger partial charge < -0.3 is 4.74 Å². The Kier molecular flexibility index (Phi) is 5.99. The molecule has 26 heavy (non-hydrogen) atoms. The highest BCUT2D eigenvalue weighted by Gasteiger charge is 2.22. The Morgan fingerprint density at radius 1 is 1.08 bits per heavy atom. The molecule has 0 aromatic heterocycles. The van der Waals surface area contributed by atoms with Gasteiger partial charge in [0.05, 0.1) is 0 Å². The largest absolute Gasteiger partial charge is 0.405 e. The molecule has 1 saturated carbocycles.